The van der Waals surface area contributed by atoms with Gasteiger partial charge in [-0.2, -0.15) is 0 Å². The van der Waals surface area contributed by atoms with E-state index in [1.54, 1.807) is 24.3 Å². The van der Waals surface area contributed by atoms with Crippen LogP contribution in [-0.4, -0.2) is 44.2 Å². The van der Waals surface area contributed by atoms with E-state index in [4.69, 9.17) is 11.6 Å². The summed E-state index contributed by atoms with van der Waals surface area (Å²) in [6, 6.07) is 10.8. The van der Waals surface area contributed by atoms with Gasteiger partial charge in [0.15, 0.2) is 0 Å². The molecule has 1 heterocycles. The quantitative estimate of drug-likeness (QED) is 0.561. The molecule has 1 aliphatic rings. The van der Waals surface area contributed by atoms with Crippen molar-refractivity contribution in [3.8, 4) is 0 Å². The minimum absolute atomic E-state index is 0.0589. The van der Waals surface area contributed by atoms with Crippen LogP contribution in [-0.2, 0) is 20.6 Å². The molecule has 10 heteroatoms. The Morgan fingerprint density at radius 2 is 1.79 bits per heavy atom. The zero-order valence-electron chi connectivity index (χ0n) is 19.2. The van der Waals surface area contributed by atoms with Crippen molar-refractivity contribution in [3.05, 3.63) is 64.4 Å². The highest BCUT2D eigenvalue weighted by Gasteiger charge is 2.32. The molecule has 1 saturated heterocycles. The molecule has 1 aliphatic heterocycles. The number of hydrogen-bond donors (Lipinski definition) is 2. The Hall–Kier alpha value is -2.49. The Bertz CT molecular complexity index is 1130. The number of benzene rings is 2. The molecular formula is C24H29ClFN3O4S. The van der Waals surface area contributed by atoms with Gasteiger partial charge in [0.1, 0.15) is 5.82 Å². The van der Waals surface area contributed by atoms with Gasteiger partial charge in [0.25, 0.3) is 5.91 Å². The summed E-state index contributed by atoms with van der Waals surface area (Å²) in [6.07, 6.45) is 0.634. The monoisotopic (exact) mass is 509 g/mol. The molecule has 1 fully saturated rings. The smallest absolute Gasteiger partial charge is 0.253 e. The average Bonchev–Trinajstić information content (AvgIpc) is 2.80. The van der Waals surface area contributed by atoms with Gasteiger partial charge in [0.05, 0.1) is 17.0 Å². The third-order valence-corrected chi connectivity index (χ3v) is 7.87. The van der Waals surface area contributed by atoms with E-state index in [0.717, 1.165) is 0 Å². The maximum absolute atomic E-state index is 14.1. The summed E-state index contributed by atoms with van der Waals surface area (Å²) >= 11 is 5.98. The number of carbonyl (C=O) groups excluding carboxylic acids is 2. The van der Waals surface area contributed by atoms with E-state index in [-0.39, 0.29) is 35.5 Å². The van der Waals surface area contributed by atoms with E-state index in [2.05, 4.69) is 10.6 Å². The van der Waals surface area contributed by atoms with Gasteiger partial charge < -0.3 is 10.6 Å². The summed E-state index contributed by atoms with van der Waals surface area (Å²) in [6.45, 7) is 4.79. The van der Waals surface area contributed by atoms with Crippen LogP contribution in [0.2, 0.25) is 5.02 Å². The Balaban J connectivity index is 1.61. The molecule has 0 aromatic heterocycles. The van der Waals surface area contributed by atoms with Crippen LogP contribution in [0.25, 0.3) is 0 Å². The fourth-order valence-corrected chi connectivity index (χ4v) is 5.67. The molecule has 0 radical (unpaired) electrons. The van der Waals surface area contributed by atoms with E-state index in [9.17, 15) is 22.4 Å². The van der Waals surface area contributed by atoms with E-state index < -0.39 is 27.5 Å². The third kappa shape index (κ3) is 6.55. The van der Waals surface area contributed by atoms with E-state index in [1.165, 1.54) is 22.5 Å². The number of piperidine rings is 1. The lowest BCUT2D eigenvalue weighted by atomic mass is 9.97. The fourth-order valence-electron chi connectivity index (χ4n) is 3.76. The number of anilines is 1. The van der Waals surface area contributed by atoms with Crippen LogP contribution >= 0.6 is 11.6 Å². The lowest BCUT2D eigenvalue weighted by Gasteiger charge is -2.30. The van der Waals surface area contributed by atoms with Crippen molar-refractivity contribution >= 4 is 39.1 Å². The van der Waals surface area contributed by atoms with E-state index in [0.29, 0.717) is 36.6 Å². The normalized spacial score (nSPS) is 15.3. The predicted octanol–water partition coefficient (Wildman–Crippen LogP) is 4.05. The van der Waals surface area contributed by atoms with Crippen molar-refractivity contribution in [1.82, 2.24) is 9.62 Å². The van der Waals surface area contributed by atoms with Crippen LogP contribution in [0, 0.1) is 17.7 Å². The molecule has 3 rings (SSSR count). The highest BCUT2D eigenvalue weighted by Crippen LogP contribution is 2.27. The Morgan fingerprint density at radius 1 is 1.12 bits per heavy atom. The maximum atomic E-state index is 14.1. The van der Waals surface area contributed by atoms with Crippen molar-refractivity contribution in [2.75, 3.05) is 25.0 Å². The second kappa shape index (κ2) is 11.3. The van der Waals surface area contributed by atoms with Gasteiger partial charge in [-0.05, 0) is 43.0 Å². The van der Waals surface area contributed by atoms with Crippen molar-refractivity contribution < 1.29 is 22.4 Å². The molecular weight excluding hydrogens is 481 g/mol. The molecule has 0 spiro atoms. The summed E-state index contributed by atoms with van der Waals surface area (Å²) in [4.78, 5) is 25.4. The average molecular weight is 510 g/mol. The Kier molecular flexibility index (Phi) is 8.67. The molecule has 184 valence electrons. The lowest BCUT2D eigenvalue weighted by Crippen LogP contribution is -2.42. The molecule has 2 aromatic rings. The molecule has 7 nitrogen and oxygen atoms in total. The second-order valence-electron chi connectivity index (χ2n) is 8.77. The van der Waals surface area contributed by atoms with Gasteiger partial charge in [-0.15, -0.1) is 0 Å². The largest absolute Gasteiger partial charge is 0.352 e. The van der Waals surface area contributed by atoms with Gasteiger partial charge in [-0.3, -0.25) is 9.59 Å². The van der Waals surface area contributed by atoms with Crippen molar-refractivity contribution in [1.29, 1.82) is 0 Å². The number of nitrogens with zero attached hydrogens (tertiary/aromatic N) is 1. The minimum atomic E-state index is -3.80. The molecule has 0 bridgehead atoms. The number of sulfonamides is 1. The number of amides is 2. The number of hydrogen-bond acceptors (Lipinski definition) is 4. The van der Waals surface area contributed by atoms with Crippen LogP contribution in [0.1, 0.15) is 42.6 Å². The van der Waals surface area contributed by atoms with Crippen molar-refractivity contribution in [2.24, 2.45) is 11.8 Å². The molecule has 2 aromatic carbocycles. The third-order valence-electron chi connectivity index (χ3n) is 5.71. The standard InChI is InChI=1S/C24H29ClFN3O4S/c1-16(2)14-27-24(31)18-6-3-4-9-22(18)28-23(30)17-10-12-29(13-11-17)34(32,33)15-19-20(25)7-5-8-21(19)26/h3-9,16-17H,10-15H2,1-2H3,(H,27,31)(H,28,30). The van der Waals surface area contributed by atoms with Crippen LogP contribution in [0.15, 0.2) is 42.5 Å². The summed E-state index contributed by atoms with van der Waals surface area (Å²) in [7, 11) is -3.80. The Morgan fingerprint density at radius 3 is 2.44 bits per heavy atom. The number of halogens is 2. The summed E-state index contributed by atoms with van der Waals surface area (Å²) in [5, 5.41) is 5.73. The first kappa shape index (κ1) is 26.1. The highest BCUT2D eigenvalue weighted by molar-refractivity contribution is 7.88. The lowest BCUT2D eigenvalue weighted by molar-refractivity contribution is -0.120. The fraction of sp³-hybridized carbons (Fsp3) is 0.417. The molecule has 0 aliphatic carbocycles. The summed E-state index contributed by atoms with van der Waals surface area (Å²) in [5.41, 5.74) is 0.729. The maximum Gasteiger partial charge on any atom is 0.253 e. The highest BCUT2D eigenvalue weighted by atomic mass is 35.5. The number of rotatable bonds is 8. The molecule has 34 heavy (non-hydrogen) atoms. The van der Waals surface area contributed by atoms with E-state index >= 15 is 0 Å². The van der Waals surface area contributed by atoms with Gasteiger partial charge in [0.2, 0.25) is 15.9 Å². The molecule has 0 unspecified atom stereocenters. The molecule has 0 atom stereocenters. The van der Waals surface area contributed by atoms with Crippen molar-refractivity contribution in [3.63, 3.8) is 0 Å². The van der Waals surface area contributed by atoms with Gasteiger partial charge >= 0.3 is 0 Å². The summed E-state index contributed by atoms with van der Waals surface area (Å²) in [5.74, 6) is -1.84. The topological polar surface area (TPSA) is 95.6 Å². The van der Waals surface area contributed by atoms with Crippen molar-refractivity contribution in [2.45, 2.75) is 32.4 Å². The van der Waals surface area contributed by atoms with Gasteiger partial charge in [0, 0.05) is 36.1 Å². The van der Waals surface area contributed by atoms with Crippen LogP contribution in [0.4, 0.5) is 10.1 Å². The zero-order valence-corrected chi connectivity index (χ0v) is 20.8. The predicted molar refractivity (Wildman–Crippen MR) is 131 cm³/mol. The molecule has 2 amide bonds. The molecule has 0 saturated carbocycles. The summed E-state index contributed by atoms with van der Waals surface area (Å²) < 4.78 is 40.9. The SMILES string of the molecule is CC(C)CNC(=O)c1ccccc1NC(=O)C1CCN(S(=O)(=O)Cc2c(F)cccc2Cl)CC1. The zero-order chi connectivity index (χ0) is 24.9. The second-order valence-corrected chi connectivity index (χ2v) is 11.1. The Labute approximate surface area is 204 Å². The van der Waals surface area contributed by atoms with Gasteiger partial charge in [-0.1, -0.05) is 43.6 Å². The minimum Gasteiger partial charge on any atom is -0.352 e. The number of carbonyl (C=O) groups is 2. The first-order valence-corrected chi connectivity index (χ1v) is 13.2. The van der Waals surface area contributed by atoms with Gasteiger partial charge in [-0.25, -0.2) is 17.1 Å². The molecule has 2 N–H and O–H groups in total. The van der Waals surface area contributed by atoms with Crippen LogP contribution in [0.5, 0.6) is 0 Å². The van der Waals surface area contributed by atoms with E-state index in [1.807, 2.05) is 13.8 Å². The number of para-hydroxylation sites is 1. The number of nitrogens with one attached hydrogen (secondary N) is 2. The van der Waals surface area contributed by atoms with Crippen LogP contribution < -0.4 is 10.6 Å². The first-order valence-electron chi connectivity index (χ1n) is 11.2. The first-order chi connectivity index (χ1) is 16.1. The van der Waals surface area contributed by atoms with Crippen LogP contribution in [0.3, 0.4) is 0 Å².